The number of amides is 1. The highest BCUT2D eigenvalue weighted by Gasteiger charge is 2.43. The molecule has 0 radical (unpaired) electrons. The van der Waals surface area contributed by atoms with Crippen molar-refractivity contribution < 1.29 is 9.18 Å². The van der Waals surface area contributed by atoms with Gasteiger partial charge in [-0.05, 0) is 100 Å². The van der Waals surface area contributed by atoms with Crippen LogP contribution in [0.1, 0.15) is 75.0 Å². The number of fused-ring (bicyclic) bond motifs is 2. The number of anilines is 2. The summed E-state index contributed by atoms with van der Waals surface area (Å²) in [6.07, 6.45) is 3.10. The molecule has 180 valence electrons. The van der Waals surface area contributed by atoms with Crippen molar-refractivity contribution in [2.45, 2.75) is 64.5 Å². The Morgan fingerprint density at radius 2 is 1.63 bits per heavy atom. The van der Waals surface area contributed by atoms with Gasteiger partial charge in [0.1, 0.15) is 5.82 Å². The summed E-state index contributed by atoms with van der Waals surface area (Å²) in [5.41, 5.74) is 6.52. The van der Waals surface area contributed by atoms with Crippen LogP contribution in [0, 0.1) is 5.82 Å². The number of carbonyl (C=O) groups is 1. The molecule has 0 saturated carbocycles. The maximum Gasteiger partial charge on any atom is 0.259 e. The highest BCUT2D eigenvalue weighted by atomic mass is 19.1. The summed E-state index contributed by atoms with van der Waals surface area (Å²) in [5.74, 6) is -0.481. The van der Waals surface area contributed by atoms with Gasteiger partial charge in [0.25, 0.3) is 5.91 Å². The number of nitrogens with one attached hydrogen (secondary N) is 1. The van der Waals surface area contributed by atoms with Crippen LogP contribution in [0.3, 0.4) is 0 Å². The van der Waals surface area contributed by atoms with Gasteiger partial charge >= 0.3 is 0 Å². The standard InChI is InChI=1S/C31H33FN2O/c1-20-18-30(4,5)34(28(35)21-11-14-23(32)15-12-21)27-16-13-22(17-24(20)27)31(6)19-29(2,3)33-26-10-8-7-9-25(26)31/h7-18,33H,19H2,1-6H3/t31-/m0/s1. The van der Waals surface area contributed by atoms with E-state index in [1.165, 1.54) is 28.9 Å². The third kappa shape index (κ3) is 3.85. The topological polar surface area (TPSA) is 32.3 Å². The van der Waals surface area contributed by atoms with E-state index in [1.54, 1.807) is 12.1 Å². The quantitative estimate of drug-likeness (QED) is 0.421. The van der Waals surface area contributed by atoms with Gasteiger partial charge in [0.05, 0.1) is 11.2 Å². The summed E-state index contributed by atoms with van der Waals surface area (Å²) in [5, 5.41) is 3.70. The minimum atomic E-state index is -0.517. The molecule has 0 spiro atoms. The van der Waals surface area contributed by atoms with E-state index in [0.717, 1.165) is 23.2 Å². The molecule has 0 saturated heterocycles. The number of rotatable bonds is 2. The molecule has 4 heteroatoms. The Morgan fingerprint density at radius 1 is 0.943 bits per heavy atom. The molecule has 3 aromatic carbocycles. The van der Waals surface area contributed by atoms with Gasteiger partial charge in [-0.15, -0.1) is 0 Å². The van der Waals surface area contributed by atoms with Crippen molar-refractivity contribution in [3.8, 4) is 0 Å². The molecule has 1 N–H and O–H groups in total. The minimum absolute atomic E-state index is 0.0591. The van der Waals surface area contributed by atoms with Crippen LogP contribution in [0.2, 0.25) is 0 Å². The zero-order valence-electron chi connectivity index (χ0n) is 21.4. The molecule has 0 aromatic heterocycles. The first-order valence-electron chi connectivity index (χ1n) is 12.2. The molecule has 0 aliphatic carbocycles. The fraction of sp³-hybridized carbons (Fsp3) is 0.323. The van der Waals surface area contributed by atoms with Gasteiger partial charge < -0.3 is 5.32 Å². The fourth-order valence-corrected chi connectivity index (χ4v) is 6.18. The monoisotopic (exact) mass is 468 g/mol. The highest BCUT2D eigenvalue weighted by molar-refractivity contribution is 6.09. The van der Waals surface area contributed by atoms with E-state index >= 15 is 0 Å². The van der Waals surface area contributed by atoms with E-state index in [-0.39, 0.29) is 22.7 Å². The second kappa shape index (κ2) is 7.81. The van der Waals surface area contributed by atoms with Gasteiger partial charge in [0.2, 0.25) is 0 Å². The van der Waals surface area contributed by atoms with Crippen molar-refractivity contribution in [2.75, 3.05) is 10.2 Å². The number of benzene rings is 3. The molecule has 35 heavy (non-hydrogen) atoms. The zero-order chi connectivity index (χ0) is 25.2. The van der Waals surface area contributed by atoms with Crippen molar-refractivity contribution in [2.24, 2.45) is 0 Å². The first-order chi connectivity index (χ1) is 16.4. The Bertz CT molecular complexity index is 1350. The lowest BCUT2D eigenvalue weighted by molar-refractivity contribution is 0.0970. The lowest BCUT2D eigenvalue weighted by Gasteiger charge is -2.47. The van der Waals surface area contributed by atoms with Crippen LogP contribution in [0.4, 0.5) is 15.8 Å². The minimum Gasteiger partial charge on any atom is -0.380 e. The summed E-state index contributed by atoms with van der Waals surface area (Å²) in [4.78, 5) is 15.5. The molecule has 3 nitrogen and oxygen atoms in total. The van der Waals surface area contributed by atoms with Gasteiger partial charge in [0, 0.05) is 27.8 Å². The van der Waals surface area contributed by atoms with Crippen LogP contribution >= 0.6 is 0 Å². The second-order valence-electron chi connectivity index (χ2n) is 11.4. The van der Waals surface area contributed by atoms with E-state index in [1.807, 2.05) is 18.7 Å². The predicted octanol–water partition coefficient (Wildman–Crippen LogP) is 7.57. The summed E-state index contributed by atoms with van der Waals surface area (Å²) in [6, 6.07) is 20.9. The van der Waals surface area contributed by atoms with Crippen molar-refractivity contribution in [1.29, 1.82) is 0 Å². The average molecular weight is 469 g/mol. The Kier molecular flexibility index (Phi) is 5.21. The number of allylic oxidation sites excluding steroid dienone is 1. The lowest BCUT2D eigenvalue weighted by Crippen LogP contribution is -2.49. The molecule has 5 rings (SSSR count). The molecule has 0 unspecified atom stereocenters. The number of hydrogen-bond donors (Lipinski definition) is 1. The molecule has 0 fully saturated rings. The van der Waals surface area contributed by atoms with E-state index in [2.05, 4.69) is 81.6 Å². The largest absolute Gasteiger partial charge is 0.380 e. The van der Waals surface area contributed by atoms with Crippen LogP contribution in [0.5, 0.6) is 0 Å². The molecule has 1 atom stereocenters. The summed E-state index contributed by atoms with van der Waals surface area (Å²) < 4.78 is 13.5. The summed E-state index contributed by atoms with van der Waals surface area (Å²) in [6.45, 7) is 13.0. The number of hydrogen-bond acceptors (Lipinski definition) is 2. The van der Waals surface area contributed by atoms with Crippen LogP contribution in [0.15, 0.2) is 72.8 Å². The molecular formula is C31H33FN2O. The number of halogens is 1. The SMILES string of the molecule is CC1=CC(C)(C)N(C(=O)c2ccc(F)cc2)c2ccc([C@]3(C)CC(C)(C)Nc4ccccc43)cc21. The summed E-state index contributed by atoms with van der Waals surface area (Å²) in [7, 11) is 0. The molecule has 1 amide bonds. The van der Waals surface area contributed by atoms with Gasteiger partial charge in [-0.2, -0.15) is 0 Å². The van der Waals surface area contributed by atoms with Gasteiger partial charge in [-0.25, -0.2) is 4.39 Å². The van der Waals surface area contributed by atoms with Crippen molar-refractivity contribution in [3.05, 3.63) is 101 Å². The maximum absolute atomic E-state index is 13.7. The average Bonchev–Trinajstić information content (AvgIpc) is 2.78. The van der Waals surface area contributed by atoms with E-state index in [9.17, 15) is 9.18 Å². The third-order valence-corrected chi connectivity index (χ3v) is 7.53. The fourth-order valence-electron chi connectivity index (χ4n) is 6.18. The molecule has 2 aliphatic rings. The lowest BCUT2D eigenvalue weighted by atomic mass is 9.65. The summed E-state index contributed by atoms with van der Waals surface area (Å²) >= 11 is 0. The van der Waals surface area contributed by atoms with Gasteiger partial charge in [-0.3, -0.25) is 9.69 Å². The number of nitrogens with zero attached hydrogens (tertiary/aromatic N) is 1. The Labute approximate surface area is 207 Å². The Balaban J connectivity index is 1.64. The van der Waals surface area contributed by atoms with Crippen LogP contribution in [0.25, 0.3) is 5.57 Å². The second-order valence-corrected chi connectivity index (χ2v) is 11.4. The predicted molar refractivity (Wildman–Crippen MR) is 143 cm³/mol. The Morgan fingerprint density at radius 3 is 2.34 bits per heavy atom. The smallest absolute Gasteiger partial charge is 0.259 e. The highest BCUT2D eigenvalue weighted by Crippen LogP contribution is 2.49. The zero-order valence-corrected chi connectivity index (χ0v) is 21.4. The van der Waals surface area contributed by atoms with Gasteiger partial charge in [-0.1, -0.05) is 37.3 Å². The van der Waals surface area contributed by atoms with E-state index in [0.29, 0.717) is 5.56 Å². The van der Waals surface area contributed by atoms with Gasteiger partial charge in [0.15, 0.2) is 0 Å². The van der Waals surface area contributed by atoms with Crippen molar-refractivity contribution in [3.63, 3.8) is 0 Å². The molecular weight excluding hydrogens is 435 g/mol. The first-order valence-corrected chi connectivity index (χ1v) is 12.2. The molecule has 3 aromatic rings. The first kappa shape index (κ1) is 23.3. The van der Waals surface area contributed by atoms with Crippen LogP contribution < -0.4 is 10.2 Å². The Hall–Kier alpha value is -3.40. The maximum atomic E-state index is 13.7. The van der Waals surface area contributed by atoms with Crippen LogP contribution in [-0.2, 0) is 5.41 Å². The number of carbonyl (C=O) groups excluding carboxylic acids is 1. The third-order valence-electron chi connectivity index (χ3n) is 7.53. The molecule has 2 aliphatic heterocycles. The molecule has 0 bridgehead atoms. The number of para-hydroxylation sites is 1. The van der Waals surface area contributed by atoms with E-state index < -0.39 is 5.54 Å². The normalized spacial score (nSPS) is 21.9. The van der Waals surface area contributed by atoms with E-state index in [4.69, 9.17) is 0 Å². The molecule has 2 heterocycles. The van der Waals surface area contributed by atoms with Crippen LogP contribution in [-0.4, -0.2) is 17.0 Å². The van der Waals surface area contributed by atoms with Crippen molar-refractivity contribution >= 4 is 22.9 Å². The van der Waals surface area contributed by atoms with Crippen molar-refractivity contribution in [1.82, 2.24) is 0 Å².